The molecule has 2 heterocycles. The lowest BCUT2D eigenvalue weighted by molar-refractivity contribution is 0.767. The molecular weight excluding hydrogens is 190 g/mol. The molecule has 0 unspecified atom stereocenters. The van der Waals surface area contributed by atoms with E-state index in [1.54, 1.807) is 12.5 Å². The predicted octanol–water partition coefficient (Wildman–Crippen LogP) is 1.19. The van der Waals surface area contributed by atoms with Crippen LogP contribution in [0.25, 0.3) is 11.4 Å². The van der Waals surface area contributed by atoms with Crippen molar-refractivity contribution in [3.8, 4) is 11.4 Å². The number of nitrogens with two attached hydrogens (primary N) is 1. The lowest BCUT2D eigenvalue weighted by Crippen LogP contribution is -2.00. The zero-order chi connectivity index (χ0) is 11.0. The van der Waals surface area contributed by atoms with E-state index < -0.39 is 0 Å². The summed E-state index contributed by atoms with van der Waals surface area (Å²) < 4.78 is 3.90. The van der Waals surface area contributed by atoms with Crippen LogP contribution >= 0.6 is 0 Å². The highest BCUT2D eigenvalue weighted by atomic mass is 15.1. The number of aromatic nitrogens is 4. The summed E-state index contributed by atoms with van der Waals surface area (Å²) in [5.41, 5.74) is 7.76. The first-order valence-electron chi connectivity index (χ1n) is 4.94. The number of anilines is 1. The fourth-order valence-electron chi connectivity index (χ4n) is 1.59. The highest BCUT2D eigenvalue weighted by molar-refractivity contribution is 5.67. The molecule has 0 spiro atoms. The van der Waals surface area contributed by atoms with Crippen LogP contribution in [0.3, 0.4) is 0 Å². The van der Waals surface area contributed by atoms with E-state index in [2.05, 4.69) is 16.9 Å². The van der Waals surface area contributed by atoms with Gasteiger partial charge in [-0.25, -0.2) is 9.97 Å². The average Bonchev–Trinajstić information content (AvgIpc) is 2.78. The Balaban J connectivity index is 2.59. The molecule has 0 radical (unpaired) electrons. The molecule has 2 rings (SSSR count). The van der Waals surface area contributed by atoms with Gasteiger partial charge in [-0.15, -0.1) is 0 Å². The van der Waals surface area contributed by atoms with Crippen molar-refractivity contribution in [2.75, 3.05) is 5.73 Å². The molecule has 0 aliphatic rings. The first-order valence-corrected chi connectivity index (χ1v) is 4.94. The van der Waals surface area contributed by atoms with E-state index in [0.29, 0.717) is 5.82 Å². The first kappa shape index (κ1) is 9.76. The number of aryl methyl sites for hydroxylation is 2. The van der Waals surface area contributed by atoms with E-state index in [4.69, 9.17) is 5.73 Å². The van der Waals surface area contributed by atoms with Crippen molar-refractivity contribution in [1.82, 2.24) is 19.1 Å². The predicted molar refractivity (Wildman–Crippen MR) is 59.3 cm³/mol. The summed E-state index contributed by atoms with van der Waals surface area (Å²) in [6, 6.07) is 0. The minimum atomic E-state index is 0.683. The van der Waals surface area contributed by atoms with Crippen LogP contribution in [0.2, 0.25) is 0 Å². The van der Waals surface area contributed by atoms with Crippen molar-refractivity contribution in [3.63, 3.8) is 0 Å². The van der Waals surface area contributed by atoms with Gasteiger partial charge in [0.25, 0.3) is 0 Å². The SMILES string of the molecule is CCn1cncc1-c1nc(C)n(C)c1N. The number of hydrogen-bond donors (Lipinski definition) is 1. The highest BCUT2D eigenvalue weighted by Gasteiger charge is 2.14. The zero-order valence-electron chi connectivity index (χ0n) is 9.23. The summed E-state index contributed by atoms with van der Waals surface area (Å²) in [6.07, 6.45) is 3.58. The van der Waals surface area contributed by atoms with E-state index >= 15 is 0 Å². The molecule has 2 aromatic heterocycles. The molecule has 0 saturated heterocycles. The van der Waals surface area contributed by atoms with Crippen LogP contribution in [0.15, 0.2) is 12.5 Å². The maximum Gasteiger partial charge on any atom is 0.133 e. The van der Waals surface area contributed by atoms with Crippen LogP contribution in [0.5, 0.6) is 0 Å². The molecule has 2 aromatic rings. The Hall–Kier alpha value is -1.78. The largest absolute Gasteiger partial charge is 0.383 e. The molecule has 0 aliphatic carbocycles. The van der Waals surface area contributed by atoms with Gasteiger partial charge in [-0.05, 0) is 13.8 Å². The summed E-state index contributed by atoms with van der Waals surface area (Å²) in [5.74, 6) is 1.59. The summed E-state index contributed by atoms with van der Waals surface area (Å²) >= 11 is 0. The Labute approximate surface area is 88.6 Å². The fraction of sp³-hybridized carbons (Fsp3) is 0.400. The second kappa shape index (κ2) is 3.42. The maximum absolute atomic E-state index is 5.98. The number of imidazole rings is 2. The summed E-state index contributed by atoms with van der Waals surface area (Å²) in [6.45, 7) is 4.87. The Kier molecular flexibility index (Phi) is 2.22. The van der Waals surface area contributed by atoms with Gasteiger partial charge < -0.3 is 14.9 Å². The molecule has 5 heteroatoms. The summed E-state index contributed by atoms with van der Waals surface area (Å²) in [5, 5.41) is 0. The highest BCUT2D eigenvalue weighted by Crippen LogP contribution is 2.24. The Morgan fingerprint density at radius 2 is 2.20 bits per heavy atom. The summed E-state index contributed by atoms with van der Waals surface area (Å²) in [7, 11) is 1.91. The third-order valence-corrected chi connectivity index (χ3v) is 2.66. The van der Waals surface area contributed by atoms with Crippen LogP contribution in [-0.4, -0.2) is 19.1 Å². The molecule has 5 nitrogen and oxygen atoms in total. The van der Waals surface area contributed by atoms with Gasteiger partial charge in [-0.2, -0.15) is 0 Å². The zero-order valence-corrected chi connectivity index (χ0v) is 9.23. The Morgan fingerprint density at radius 1 is 1.47 bits per heavy atom. The van der Waals surface area contributed by atoms with Gasteiger partial charge in [0.1, 0.15) is 17.3 Å². The van der Waals surface area contributed by atoms with E-state index in [9.17, 15) is 0 Å². The van der Waals surface area contributed by atoms with Crippen LogP contribution in [-0.2, 0) is 13.6 Å². The second-order valence-electron chi connectivity index (χ2n) is 3.52. The number of nitrogen functional groups attached to an aromatic ring is 1. The molecule has 0 atom stereocenters. The third-order valence-electron chi connectivity index (χ3n) is 2.66. The van der Waals surface area contributed by atoms with Crippen LogP contribution < -0.4 is 5.73 Å². The number of hydrogen-bond acceptors (Lipinski definition) is 3. The number of rotatable bonds is 2. The van der Waals surface area contributed by atoms with Crippen molar-refractivity contribution >= 4 is 5.82 Å². The van der Waals surface area contributed by atoms with Gasteiger partial charge in [-0.1, -0.05) is 0 Å². The van der Waals surface area contributed by atoms with E-state index in [-0.39, 0.29) is 0 Å². The van der Waals surface area contributed by atoms with Crippen molar-refractivity contribution in [3.05, 3.63) is 18.3 Å². The van der Waals surface area contributed by atoms with Crippen LogP contribution in [0.1, 0.15) is 12.7 Å². The van der Waals surface area contributed by atoms with Gasteiger partial charge in [0, 0.05) is 13.6 Å². The first-order chi connectivity index (χ1) is 7.15. The Morgan fingerprint density at radius 3 is 2.73 bits per heavy atom. The van der Waals surface area contributed by atoms with Gasteiger partial charge in [-0.3, -0.25) is 0 Å². The summed E-state index contributed by atoms with van der Waals surface area (Å²) in [4.78, 5) is 8.55. The van der Waals surface area contributed by atoms with Crippen LogP contribution in [0.4, 0.5) is 5.82 Å². The van der Waals surface area contributed by atoms with Crippen molar-refractivity contribution < 1.29 is 0 Å². The topological polar surface area (TPSA) is 61.7 Å². The van der Waals surface area contributed by atoms with E-state index in [1.807, 2.05) is 23.1 Å². The van der Waals surface area contributed by atoms with Gasteiger partial charge in [0.05, 0.1) is 18.2 Å². The number of nitrogens with zero attached hydrogens (tertiary/aromatic N) is 4. The molecule has 0 aromatic carbocycles. The molecule has 0 aliphatic heterocycles. The molecule has 80 valence electrons. The van der Waals surface area contributed by atoms with E-state index in [1.165, 1.54) is 0 Å². The Bertz CT molecular complexity index is 480. The lowest BCUT2D eigenvalue weighted by atomic mass is 10.3. The molecule has 2 N–H and O–H groups in total. The van der Waals surface area contributed by atoms with Gasteiger partial charge >= 0.3 is 0 Å². The van der Waals surface area contributed by atoms with Crippen molar-refractivity contribution in [2.45, 2.75) is 20.4 Å². The minimum absolute atomic E-state index is 0.683. The third kappa shape index (κ3) is 1.40. The van der Waals surface area contributed by atoms with Crippen molar-refractivity contribution in [2.24, 2.45) is 7.05 Å². The quantitative estimate of drug-likeness (QED) is 0.801. The van der Waals surface area contributed by atoms with Crippen molar-refractivity contribution in [1.29, 1.82) is 0 Å². The fourth-order valence-corrected chi connectivity index (χ4v) is 1.59. The van der Waals surface area contributed by atoms with E-state index in [0.717, 1.165) is 23.8 Å². The molecular formula is C10H15N5. The average molecular weight is 205 g/mol. The molecule has 0 saturated carbocycles. The standard InChI is InChI=1S/C10H15N5/c1-4-15-6-12-5-8(15)9-10(11)14(3)7(2)13-9/h5-6H,4,11H2,1-3H3. The molecule has 15 heavy (non-hydrogen) atoms. The minimum Gasteiger partial charge on any atom is -0.383 e. The van der Waals surface area contributed by atoms with Crippen LogP contribution in [0, 0.1) is 6.92 Å². The smallest absolute Gasteiger partial charge is 0.133 e. The normalized spacial score (nSPS) is 10.9. The van der Waals surface area contributed by atoms with Gasteiger partial charge in [0.2, 0.25) is 0 Å². The maximum atomic E-state index is 5.98. The van der Waals surface area contributed by atoms with Gasteiger partial charge in [0.15, 0.2) is 0 Å². The molecule has 0 bridgehead atoms. The monoisotopic (exact) mass is 205 g/mol. The molecule has 0 amide bonds. The second-order valence-corrected chi connectivity index (χ2v) is 3.52. The molecule has 0 fully saturated rings. The lowest BCUT2D eigenvalue weighted by Gasteiger charge is -2.03.